The maximum absolute atomic E-state index is 11.6. The fourth-order valence-electron chi connectivity index (χ4n) is 1.76. The number of carbonyl (C=O) groups excluding carboxylic acids is 1. The van der Waals surface area contributed by atoms with Crippen LogP contribution in [-0.2, 0) is 14.3 Å². The molecule has 1 rings (SSSR count). The topological polar surface area (TPSA) is 73.6 Å². The van der Waals surface area contributed by atoms with Gasteiger partial charge in [0, 0.05) is 26.9 Å². The summed E-state index contributed by atoms with van der Waals surface area (Å²) in [5.41, 5.74) is 5.75. The quantitative estimate of drug-likeness (QED) is 0.605. The van der Waals surface area contributed by atoms with Gasteiger partial charge in [-0.15, -0.1) is 0 Å². The summed E-state index contributed by atoms with van der Waals surface area (Å²) in [4.78, 5) is 11.6. The molecule has 5 heteroatoms. The van der Waals surface area contributed by atoms with Crippen LogP contribution in [0.5, 0.6) is 0 Å². The highest BCUT2D eigenvalue weighted by Crippen LogP contribution is 2.22. The van der Waals surface area contributed by atoms with E-state index in [2.05, 4.69) is 5.32 Å². The SMILES string of the molecule is COCCCC(N)C(=O)NC1CC(OC)C1. The zero-order valence-electron chi connectivity index (χ0n) is 10.1. The summed E-state index contributed by atoms with van der Waals surface area (Å²) in [6, 6.07) is -0.178. The van der Waals surface area contributed by atoms with Crippen LogP contribution in [0.25, 0.3) is 0 Å². The van der Waals surface area contributed by atoms with Gasteiger partial charge in [-0.2, -0.15) is 0 Å². The monoisotopic (exact) mass is 230 g/mol. The van der Waals surface area contributed by atoms with E-state index in [0.717, 1.165) is 19.3 Å². The van der Waals surface area contributed by atoms with Crippen LogP contribution in [0.4, 0.5) is 0 Å². The number of hydrogen-bond donors (Lipinski definition) is 2. The Morgan fingerprint density at radius 2 is 2.19 bits per heavy atom. The van der Waals surface area contributed by atoms with Crippen LogP contribution in [0.1, 0.15) is 25.7 Å². The van der Waals surface area contributed by atoms with Crippen molar-refractivity contribution in [1.82, 2.24) is 5.32 Å². The highest BCUT2D eigenvalue weighted by molar-refractivity contribution is 5.81. The molecule has 0 spiro atoms. The first-order chi connectivity index (χ1) is 7.67. The van der Waals surface area contributed by atoms with Gasteiger partial charge in [0.25, 0.3) is 0 Å². The predicted octanol–water partition coefficient (Wildman–Crippen LogP) is 0.0339. The van der Waals surface area contributed by atoms with Crippen LogP contribution >= 0.6 is 0 Å². The number of ether oxygens (including phenoxy) is 2. The van der Waals surface area contributed by atoms with E-state index in [4.69, 9.17) is 15.2 Å². The Bertz CT molecular complexity index is 217. The Kier molecular flexibility index (Phi) is 5.73. The van der Waals surface area contributed by atoms with Crippen molar-refractivity contribution < 1.29 is 14.3 Å². The molecule has 1 atom stereocenters. The zero-order valence-corrected chi connectivity index (χ0v) is 10.1. The first kappa shape index (κ1) is 13.4. The Labute approximate surface area is 96.7 Å². The molecule has 16 heavy (non-hydrogen) atoms. The zero-order chi connectivity index (χ0) is 12.0. The molecule has 0 bridgehead atoms. The fourth-order valence-corrected chi connectivity index (χ4v) is 1.76. The lowest BCUT2D eigenvalue weighted by Crippen LogP contribution is -2.52. The van der Waals surface area contributed by atoms with E-state index < -0.39 is 6.04 Å². The van der Waals surface area contributed by atoms with Crippen molar-refractivity contribution in [2.75, 3.05) is 20.8 Å². The lowest BCUT2D eigenvalue weighted by molar-refractivity contribution is -0.124. The van der Waals surface area contributed by atoms with Crippen LogP contribution in [0.3, 0.4) is 0 Å². The third-order valence-corrected chi connectivity index (χ3v) is 2.97. The molecule has 0 aromatic heterocycles. The smallest absolute Gasteiger partial charge is 0.237 e. The molecule has 0 radical (unpaired) electrons. The van der Waals surface area contributed by atoms with Crippen molar-refractivity contribution in [3.05, 3.63) is 0 Å². The van der Waals surface area contributed by atoms with E-state index in [-0.39, 0.29) is 11.9 Å². The Morgan fingerprint density at radius 1 is 1.50 bits per heavy atom. The number of rotatable bonds is 7. The molecule has 1 aliphatic carbocycles. The third-order valence-electron chi connectivity index (χ3n) is 2.97. The lowest BCUT2D eigenvalue weighted by Gasteiger charge is -2.35. The molecule has 3 N–H and O–H groups in total. The normalized spacial score (nSPS) is 25.9. The van der Waals surface area contributed by atoms with Gasteiger partial charge in [-0.1, -0.05) is 0 Å². The van der Waals surface area contributed by atoms with Crippen LogP contribution in [0.2, 0.25) is 0 Å². The van der Waals surface area contributed by atoms with Crippen molar-refractivity contribution in [3.63, 3.8) is 0 Å². The molecule has 0 aromatic carbocycles. The summed E-state index contributed by atoms with van der Waals surface area (Å²) in [7, 11) is 3.34. The molecule has 1 fully saturated rings. The minimum Gasteiger partial charge on any atom is -0.385 e. The van der Waals surface area contributed by atoms with Gasteiger partial charge in [0.15, 0.2) is 0 Å². The Balaban J connectivity index is 2.10. The van der Waals surface area contributed by atoms with E-state index >= 15 is 0 Å². The van der Waals surface area contributed by atoms with Gasteiger partial charge in [-0.05, 0) is 25.7 Å². The summed E-state index contributed by atoms with van der Waals surface area (Å²) < 4.78 is 10.0. The van der Waals surface area contributed by atoms with Crippen LogP contribution in [0.15, 0.2) is 0 Å². The predicted molar refractivity (Wildman–Crippen MR) is 61.0 cm³/mol. The molecule has 5 nitrogen and oxygen atoms in total. The van der Waals surface area contributed by atoms with E-state index in [1.54, 1.807) is 14.2 Å². The Morgan fingerprint density at radius 3 is 2.75 bits per heavy atom. The maximum atomic E-state index is 11.6. The molecular formula is C11H22N2O3. The average Bonchev–Trinajstić information content (AvgIpc) is 2.22. The van der Waals surface area contributed by atoms with Gasteiger partial charge in [-0.3, -0.25) is 4.79 Å². The summed E-state index contributed by atoms with van der Waals surface area (Å²) in [5.74, 6) is -0.0596. The third kappa shape index (κ3) is 4.08. The van der Waals surface area contributed by atoms with Crippen molar-refractivity contribution in [2.24, 2.45) is 5.73 Å². The number of hydrogen-bond acceptors (Lipinski definition) is 4. The van der Waals surface area contributed by atoms with Gasteiger partial charge in [-0.25, -0.2) is 0 Å². The molecule has 0 aromatic rings. The summed E-state index contributed by atoms with van der Waals surface area (Å²) in [5, 5.41) is 2.92. The second kappa shape index (κ2) is 6.83. The van der Waals surface area contributed by atoms with E-state index in [1.165, 1.54) is 0 Å². The molecule has 0 heterocycles. The molecule has 94 valence electrons. The second-order valence-electron chi connectivity index (χ2n) is 4.28. The van der Waals surface area contributed by atoms with Crippen LogP contribution < -0.4 is 11.1 Å². The standard InChI is InChI=1S/C11H22N2O3/c1-15-5-3-4-10(12)11(14)13-8-6-9(7-8)16-2/h8-10H,3-7,12H2,1-2H3,(H,13,14). The van der Waals surface area contributed by atoms with Crippen molar-refractivity contribution in [1.29, 1.82) is 0 Å². The van der Waals surface area contributed by atoms with Crippen LogP contribution in [-0.4, -0.2) is 44.9 Å². The Hall–Kier alpha value is -0.650. The fraction of sp³-hybridized carbons (Fsp3) is 0.909. The van der Waals surface area contributed by atoms with E-state index in [0.29, 0.717) is 19.1 Å². The first-order valence-electron chi connectivity index (χ1n) is 5.75. The molecule has 0 saturated heterocycles. The highest BCUT2D eigenvalue weighted by Gasteiger charge is 2.31. The highest BCUT2D eigenvalue weighted by atomic mass is 16.5. The summed E-state index contributed by atoms with van der Waals surface area (Å²) >= 11 is 0. The van der Waals surface area contributed by atoms with Crippen molar-refractivity contribution in [2.45, 2.75) is 43.9 Å². The first-order valence-corrected chi connectivity index (χ1v) is 5.75. The largest absolute Gasteiger partial charge is 0.385 e. The molecular weight excluding hydrogens is 208 g/mol. The average molecular weight is 230 g/mol. The van der Waals surface area contributed by atoms with Gasteiger partial charge in [0.05, 0.1) is 12.1 Å². The van der Waals surface area contributed by atoms with Gasteiger partial charge < -0.3 is 20.5 Å². The van der Waals surface area contributed by atoms with Crippen LogP contribution in [0, 0.1) is 0 Å². The number of nitrogens with one attached hydrogen (secondary N) is 1. The molecule has 0 aliphatic heterocycles. The van der Waals surface area contributed by atoms with Gasteiger partial charge in [0.2, 0.25) is 5.91 Å². The van der Waals surface area contributed by atoms with Gasteiger partial charge in [0.1, 0.15) is 0 Å². The summed E-state index contributed by atoms with van der Waals surface area (Å²) in [6.07, 6.45) is 3.58. The van der Waals surface area contributed by atoms with Crippen molar-refractivity contribution >= 4 is 5.91 Å². The molecule has 1 unspecified atom stereocenters. The minimum atomic E-state index is -0.420. The molecule has 1 saturated carbocycles. The maximum Gasteiger partial charge on any atom is 0.237 e. The minimum absolute atomic E-state index is 0.0596. The number of nitrogens with two attached hydrogens (primary N) is 1. The van der Waals surface area contributed by atoms with Crippen molar-refractivity contribution in [3.8, 4) is 0 Å². The number of amides is 1. The molecule has 1 aliphatic rings. The second-order valence-corrected chi connectivity index (χ2v) is 4.28. The lowest BCUT2D eigenvalue weighted by atomic mass is 9.89. The number of methoxy groups -OCH3 is 2. The number of carbonyl (C=O) groups is 1. The molecule has 1 amide bonds. The summed E-state index contributed by atoms with van der Waals surface area (Å²) in [6.45, 7) is 0.649. The van der Waals surface area contributed by atoms with E-state index in [1.807, 2.05) is 0 Å². The van der Waals surface area contributed by atoms with Gasteiger partial charge >= 0.3 is 0 Å². The van der Waals surface area contributed by atoms with E-state index in [9.17, 15) is 4.79 Å².